The fraction of sp³-hybridized carbons (Fsp3) is 0.889. The van der Waals surface area contributed by atoms with Crippen LogP contribution in [-0.2, 0) is 4.74 Å². The van der Waals surface area contributed by atoms with Gasteiger partial charge in [0.15, 0.2) is 5.90 Å². The van der Waals surface area contributed by atoms with E-state index in [9.17, 15) is 4.39 Å². The largest absolute Gasteiger partial charge is 0.445 e. The lowest BCUT2D eigenvalue weighted by atomic mass is 9.83. The van der Waals surface area contributed by atoms with Crippen molar-refractivity contribution in [3.63, 3.8) is 0 Å². The molecule has 0 aromatic carbocycles. The van der Waals surface area contributed by atoms with Crippen molar-refractivity contribution in [1.29, 1.82) is 0 Å². The molecule has 0 aromatic heterocycles. The predicted molar refractivity (Wildman–Crippen MR) is 47.0 cm³/mol. The summed E-state index contributed by atoms with van der Waals surface area (Å²) in [6.45, 7) is 8.79. The van der Waals surface area contributed by atoms with Gasteiger partial charge in [-0.15, -0.1) is 0 Å². The van der Waals surface area contributed by atoms with Crippen LogP contribution in [0.15, 0.2) is 4.99 Å². The van der Waals surface area contributed by atoms with E-state index < -0.39 is 5.85 Å². The van der Waals surface area contributed by atoms with E-state index in [1.54, 1.807) is 6.92 Å². The second-order valence-electron chi connectivity index (χ2n) is 4.09. The molecule has 0 N–H and O–H groups in total. The van der Waals surface area contributed by atoms with Gasteiger partial charge in [-0.05, 0) is 13.8 Å². The molecule has 70 valence electrons. The Morgan fingerprint density at radius 1 is 1.42 bits per heavy atom. The number of nitrogens with zero attached hydrogens (tertiary/aromatic N) is 1. The molecule has 0 fully saturated rings. The Bertz CT molecular complexity index is 221. The molecule has 12 heavy (non-hydrogen) atoms. The first kappa shape index (κ1) is 9.49. The maximum Gasteiger partial charge on any atom is 0.251 e. The molecule has 2 nitrogen and oxygen atoms in total. The van der Waals surface area contributed by atoms with Crippen LogP contribution in [0.2, 0.25) is 0 Å². The number of rotatable bonds is 0. The molecule has 2 atom stereocenters. The second-order valence-corrected chi connectivity index (χ2v) is 4.09. The lowest BCUT2D eigenvalue weighted by Gasteiger charge is -2.41. The molecule has 0 unspecified atom stereocenters. The molecule has 0 saturated heterocycles. The van der Waals surface area contributed by atoms with Crippen molar-refractivity contribution >= 4 is 5.90 Å². The van der Waals surface area contributed by atoms with Crippen LogP contribution in [-0.4, -0.2) is 17.3 Å². The number of hydrogen-bond acceptors (Lipinski definition) is 2. The summed E-state index contributed by atoms with van der Waals surface area (Å²) in [5.74, 6) is -1.38. The number of ether oxygens (including phenoxy) is 1. The van der Waals surface area contributed by atoms with E-state index in [2.05, 4.69) is 4.99 Å². The van der Waals surface area contributed by atoms with Crippen LogP contribution >= 0.6 is 0 Å². The molecule has 0 radical (unpaired) electrons. The summed E-state index contributed by atoms with van der Waals surface area (Å²) in [5, 5.41) is 0. The van der Waals surface area contributed by atoms with Gasteiger partial charge in [-0.3, -0.25) is 0 Å². The zero-order valence-electron chi connectivity index (χ0n) is 8.31. The molecule has 1 rings (SSSR count). The van der Waals surface area contributed by atoms with Crippen LogP contribution in [0.3, 0.4) is 0 Å². The van der Waals surface area contributed by atoms with E-state index in [4.69, 9.17) is 4.74 Å². The zero-order valence-corrected chi connectivity index (χ0v) is 8.31. The SMILES string of the molecule is CC1=NC(C)(C)[C@H](C)[C@](C)(F)O1. The standard InChI is InChI=1S/C9H16FNO/c1-6-8(3,4)11-7(2)12-9(6,5)10/h6H,1-5H3/t6-,9+/m0/s1. The fourth-order valence-corrected chi connectivity index (χ4v) is 1.53. The van der Waals surface area contributed by atoms with E-state index in [1.165, 1.54) is 6.92 Å². The molecule has 0 aromatic rings. The van der Waals surface area contributed by atoms with Gasteiger partial charge in [0.1, 0.15) is 0 Å². The van der Waals surface area contributed by atoms with Crippen LogP contribution in [0.25, 0.3) is 0 Å². The van der Waals surface area contributed by atoms with E-state index in [0.717, 1.165) is 0 Å². The Hall–Kier alpha value is -0.600. The van der Waals surface area contributed by atoms with Gasteiger partial charge in [0.05, 0.1) is 11.5 Å². The highest BCUT2D eigenvalue weighted by Gasteiger charge is 2.46. The Morgan fingerprint density at radius 2 is 1.92 bits per heavy atom. The first-order chi connectivity index (χ1) is 5.26. The van der Waals surface area contributed by atoms with Gasteiger partial charge in [-0.1, -0.05) is 6.92 Å². The van der Waals surface area contributed by atoms with Crippen molar-refractivity contribution in [2.45, 2.75) is 46.0 Å². The summed E-state index contributed by atoms with van der Waals surface area (Å²) >= 11 is 0. The van der Waals surface area contributed by atoms with Gasteiger partial charge in [-0.25, -0.2) is 4.99 Å². The van der Waals surface area contributed by atoms with Gasteiger partial charge in [0.2, 0.25) is 0 Å². The summed E-state index contributed by atoms with van der Waals surface area (Å²) < 4.78 is 18.7. The number of hydrogen-bond donors (Lipinski definition) is 0. The Kier molecular flexibility index (Phi) is 1.93. The molecule has 0 bridgehead atoms. The second kappa shape index (κ2) is 2.44. The van der Waals surface area contributed by atoms with E-state index in [-0.39, 0.29) is 11.5 Å². The molecule has 0 aliphatic carbocycles. The molecule has 1 heterocycles. The zero-order chi connectivity index (χ0) is 9.57. The summed E-state index contributed by atoms with van der Waals surface area (Å²) in [7, 11) is 0. The Labute approximate surface area is 72.8 Å². The maximum atomic E-state index is 13.7. The predicted octanol–water partition coefficient (Wildman–Crippen LogP) is 2.54. The third kappa shape index (κ3) is 1.45. The summed E-state index contributed by atoms with van der Waals surface area (Å²) in [4.78, 5) is 4.25. The lowest BCUT2D eigenvalue weighted by molar-refractivity contribution is -0.130. The average Bonchev–Trinajstić information content (AvgIpc) is 1.80. The van der Waals surface area contributed by atoms with Gasteiger partial charge in [-0.2, -0.15) is 4.39 Å². The highest BCUT2D eigenvalue weighted by Crippen LogP contribution is 2.38. The number of aliphatic imine (C=N–C) groups is 1. The monoisotopic (exact) mass is 173 g/mol. The van der Waals surface area contributed by atoms with E-state index in [0.29, 0.717) is 5.90 Å². The molecule has 0 spiro atoms. The molecule has 1 aliphatic heterocycles. The first-order valence-corrected chi connectivity index (χ1v) is 4.20. The van der Waals surface area contributed by atoms with Crippen LogP contribution in [0, 0.1) is 5.92 Å². The van der Waals surface area contributed by atoms with Crippen molar-refractivity contribution in [2.24, 2.45) is 10.9 Å². The molecule has 1 aliphatic rings. The first-order valence-electron chi connectivity index (χ1n) is 4.20. The highest BCUT2D eigenvalue weighted by atomic mass is 19.2. The smallest absolute Gasteiger partial charge is 0.251 e. The van der Waals surface area contributed by atoms with Crippen LogP contribution < -0.4 is 0 Å². The van der Waals surface area contributed by atoms with Crippen molar-refractivity contribution in [1.82, 2.24) is 0 Å². The van der Waals surface area contributed by atoms with Crippen LogP contribution in [0.4, 0.5) is 4.39 Å². The van der Waals surface area contributed by atoms with Crippen LogP contribution in [0.5, 0.6) is 0 Å². The quantitative estimate of drug-likeness (QED) is 0.551. The van der Waals surface area contributed by atoms with Gasteiger partial charge >= 0.3 is 0 Å². The normalized spacial score (nSPS) is 40.2. The molecular formula is C9H16FNO. The van der Waals surface area contributed by atoms with Gasteiger partial charge < -0.3 is 4.74 Å². The van der Waals surface area contributed by atoms with Crippen molar-refractivity contribution in [3.8, 4) is 0 Å². The minimum absolute atomic E-state index is 0.228. The summed E-state index contributed by atoms with van der Waals surface area (Å²) in [6, 6.07) is 0. The van der Waals surface area contributed by atoms with Crippen molar-refractivity contribution in [2.75, 3.05) is 0 Å². The number of alkyl halides is 1. The average molecular weight is 173 g/mol. The fourth-order valence-electron chi connectivity index (χ4n) is 1.53. The third-order valence-electron chi connectivity index (χ3n) is 2.63. The summed E-state index contributed by atoms with van der Waals surface area (Å²) in [6.07, 6.45) is 0. The molecule has 3 heteroatoms. The van der Waals surface area contributed by atoms with Crippen molar-refractivity contribution < 1.29 is 9.13 Å². The minimum atomic E-state index is -1.59. The van der Waals surface area contributed by atoms with Gasteiger partial charge in [0.25, 0.3) is 5.85 Å². The molecular weight excluding hydrogens is 157 g/mol. The third-order valence-corrected chi connectivity index (χ3v) is 2.63. The Morgan fingerprint density at radius 3 is 2.33 bits per heavy atom. The summed E-state index contributed by atoms with van der Waals surface area (Å²) in [5.41, 5.74) is -0.369. The number of halogens is 1. The molecule has 0 amide bonds. The van der Waals surface area contributed by atoms with Gasteiger partial charge in [0, 0.05) is 13.8 Å². The molecule has 0 saturated carbocycles. The van der Waals surface area contributed by atoms with Crippen LogP contribution in [0.1, 0.15) is 34.6 Å². The van der Waals surface area contributed by atoms with E-state index >= 15 is 0 Å². The van der Waals surface area contributed by atoms with E-state index in [1.807, 2.05) is 20.8 Å². The topological polar surface area (TPSA) is 21.6 Å². The Balaban J connectivity index is 3.02. The van der Waals surface area contributed by atoms with Crippen molar-refractivity contribution in [3.05, 3.63) is 0 Å². The minimum Gasteiger partial charge on any atom is -0.445 e. The lowest BCUT2D eigenvalue weighted by Crippen LogP contribution is -2.48. The maximum absolute atomic E-state index is 13.7. The highest BCUT2D eigenvalue weighted by molar-refractivity contribution is 5.74.